The lowest BCUT2D eigenvalue weighted by atomic mass is 10.2. The highest BCUT2D eigenvalue weighted by Crippen LogP contribution is 2.25. The fraction of sp³-hybridized carbons (Fsp3) is 0.231. The molecule has 0 aliphatic heterocycles. The molecule has 0 amide bonds. The minimum absolute atomic E-state index is 0.525. The minimum atomic E-state index is 0.525. The van der Waals surface area contributed by atoms with E-state index in [-0.39, 0.29) is 0 Å². The number of rotatable bonds is 3. The van der Waals surface area contributed by atoms with E-state index in [1.54, 1.807) is 0 Å². The van der Waals surface area contributed by atoms with Crippen LogP contribution in [0, 0.1) is 6.92 Å². The van der Waals surface area contributed by atoms with Crippen molar-refractivity contribution in [2.24, 2.45) is 7.05 Å². The van der Waals surface area contributed by atoms with E-state index < -0.39 is 0 Å². The monoisotopic (exact) mass is 372 g/mol. The molecule has 0 radical (unpaired) electrons. The summed E-state index contributed by atoms with van der Waals surface area (Å²) in [6, 6.07) is 5.59. The number of nitrogens with zero attached hydrogens (tertiary/aromatic N) is 2. The van der Waals surface area contributed by atoms with Crippen LogP contribution in [-0.2, 0) is 13.6 Å². The smallest absolute Gasteiger partial charge is 0.171 e. The van der Waals surface area contributed by atoms with Crippen molar-refractivity contribution in [3.8, 4) is 0 Å². The SMILES string of the molecule is Cc1c(CNC(=S)Nc2ccc(Br)cc2Cl)cnn1C. The lowest BCUT2D eigenvalue weighted by Crippen LogP contribution is -2.28. The van der Waals surface area contributed by atoms with Gasteiger partial charge in [0, 0.05) is 29.3 Å². The largest absolute Gasteiger partial charge is 0.358 e. The van der Waals surface area contributed by atoms with E-state index in [9.17, 15) is 0 Å². The molecule has 0 aliphatic carbocycles. The Kier molecular flexibility index (Phi) is 5.01. The Morgan fingerprint density at radius 3 is 2.85 bits per heavy atom. The number of nitrogens with one attached hydrogen (secondary N) is 2. The molecular weight excluding hydrogens is 360 g/mol. The molecule has 20 heavy (non-hydrogen) atoms. The molecule has 1 aromatic heterocycles. The summed E-state index contributed by atoms with van der Waals surface area (Å²) in [5.74, 6) is 0. The number of thiocarbonyl (C=S) groups is 1. The topological polar surface area (TPSA) is 41.9 Å². The Labute approximate surface area is 136 Å². The van der Waals surface area contributed by atoms with Gasteiger partial charge in [0.05, 0.1) is 16.9 Å². The Morgan fingerprint density at radius 1 is 1.50 bits per heavy atom. The van der Waals surface area contributed by atoms with Crippen molar-refractivity contribution in [3.05, 3.63) is 45.1 Å². The molecule has 0 saturated heterocycles. The summed E-state index contributed by atoms with van der Waals surface area (Å²) in [7, 11) is 1.91. The van der Waals surface area contributed by atoms with Crippen molar-refractivity contribution in [1.29, 1.82) is 0 Å². The first-order valence-corrected chi connectivity index (χ1v) is 7.52. The summed E-state index contributed by atoms with van der Waals surface area (Å²) in [6.07, 6.45) is 1.83. The van der Waals surface area contributed by atoms with Crippen LogP contribution < -0.4 is 10.6 Å². The lowest BCUT2D eigenvalue weighted by molar-refractivity contribution is 0.736. The maximum atomic E-state index is 6.13. The van der Waals surface area contributed by atoms with Gasteiger partial charge in [0.1, 0.15) is 0 Å². The third kappa shape index (κ3) is 3.71. The summed E-state index contributed by atoms with van der Waals surface area (Å²) >= 11 is 14.7. The molecule has 7 heteroatoms. The highest BCUT2D eigenvalue weighted by Gasteiger charge is 2.06. The number of hydrogen-bond acceptors (Lipinski definition) is 2. The predicted molar refractivity (Wildman–Crippen MR) is 90.2 cm³/mol. The zero-order valence-electron chi connectivity index (χ0n) is 11.1. The predicted octanol–water partition coefficient (Wildman–Crippen LogP) is 3.63. The fourth-order valence-corrected chi connectivity index (χ4v) is 2.55. The first kappa shape index (κ1) is 15.3. The zero-order valence-corrected chi connectivity index (χ0v) is 14.2. The first-order chi connectivity index (χ1) is 9.47. The summed E-state index contributed by atoms with van der Waals surface area (Å²) in [5.41, 5.74) is 3.00. The van der Waals surface area contributed by atoms with E-state index in [0.29, 0.717) is 16.7 Å². The van der Waals surface area contributed by atoms with E-state index in [4.69, 9.17) is 23.8 Å². The number of benzene rings is 1. The summed E-state index contributed by atoms with van der Waals surface area (Å²) < 4.78 is 2.76. The van der Waals surface area contributed by atoms with E-state index in [0.717, 1.165) is 21.4 Å². The average Bonchev–Trinajstić information content (AvgIpc) is 2.71. The van der Waals surface area contributed by atoms with Crippen LogP contribution in [-0.4, -0.2) is 14.9 Å². The van der Waals surface area contributed by atoms with Crippen molar-refractivity contribution in [3.63, 3.8) is 0 Å². The summed E-state index contributed by atoms with van der Waals surface area (Å²) in [4.78, 5) is 0. The third-order valence-electron chi connectivity index (χ3n) is 2.96. The van der Waals surface area contributed by atoms with Gasteiger partial charge in [-0.25, -0.2) is 0 Å². The number of hydrogen-bond donors (Lipinski definition) is 2. The fourth-order valence-electron chi connectivity index (χ4n) is 1.65. The summed E-state index contributed by atoms with van der Waals surface area (Å²) in [6.45, 7) is 2.64. The number of aromatic nitrogens is 2. The Balaban J connectivity index is 1.94. The van der Waals surface area contributed by atoms with Gasteiger partial charge < -0.3 is 10.6 Å². The normalized spacial score (nSPS) is 10.4. The van der Waals surface area contributed by atoms with Gasteiger partial charge in [-0.05, 0) is 37.3 Å². The number of halogens is 2. The third-order valence-corrected chi connectivity index (χ3v) is 4.01. The van der Waals surface area contributed by atoms with Crippen LogP contribution in [0.5, 0.6) is 0 Å². The second-order valence-electron chi connectivity index (χ2n) is 4.31. The van der Waals surface area contributed by atoms with Gasteiger partial charge in [-0.3, -0.25) is 4.68 Å². The molecule has 2 rings (SSSR count). The molecule has 0 unspecified atom stereocenters. The van der Waals surface area contributed by atoms with Crippen molar-refractivity contribution in [2.75, 3.05) is 5.32 Å². The molecule has 1 heterocycles. The van der Waals surface area contributed by atoms with Crippen molar-refractivity contribution < 1.29 is 0 Å². The standard InChI is InChI=1S/C13H14BrClN4S/c1-8-9(7-17-19(8)2)6-16-13(20)18-12-4-3-10(14)5-11(12)15/h3-5,7H,6H2,1-2H3,(H2,16,18,20). The quantitative estimate of drug-likeness (QED) is 0.806. The molecule has 2 aromatic rings. The molecule has 106 valence electrons. The van der Waals surface area contributed by atoms with E-state index in [2.05, 4.69) is 31.7 Å². The van der Waals surface area contributed by atoms with Crippen molar-refractivity contribution in [2.45, 2.75) is 13.5 Å². The lowest BCUT2D eigenvalue weighted by Gasteiger charge is -2.11. The molecule has 1 aromatic carbocycles. The molecule has 2 N–H and O–H groups in total. The Hall–Kier alpha value is -1.11. The number of aryl methyl sites for hydroxylation is 1. The highest BCUT2D eigenvalue weighted by molar-refractivity contribution is 9.10. The summed E-state index contributed by atoms with van der Waals surface area (Å²) in [5, 5.41) is 11.5. The molecular formula is C13H14BrClN4S. The van der Waals surface area contributed by atoms with Crippen LogP contribution in [0.1, 0.15) is 11.3 Å². The molecule has 4 nitrogen and oxygen atoms in total. The average molecular weight is 374 g/mol. The Morgan fingerprint density at radius 2 is 2.25 bits per heavy atom. The van der Waals surface area contributed by atoms with Gasteiger partial charge in [0.25, 0.3) is 0 Å². The van der Waals surface area contributed by atoms with Crippen molar-refractivity contribution >= 4 is 50.5 Å². The van der Waals surface area contributed by atoms with Crippen LogP contribution in [0.15, 0.2) is 28.9 Å². The van der Waals surface area contributed by atoms with Crippen LogP contribution in [0.25, 0.3) is 0 Å². The van der Waals surface area contributed by atoms with Gasteiger partial charge in [-0.2, -0.15) is 5.10 Å². The van der Waals surface area contributed by atoms with E-state index in [1.807, 2.05) is 43.0 Å². The minimum Gasteiger partial charge on any atom is -0.358 e. The van der Waals surface area contributed by atoms with Gasteiger partial charge in [0.2, 0.25) is 0 Å². The highest BCUT2D eigenvalue weighted by atomic mass is 79.9. The second-order valence-corrected chi connectivity index (χ2v) is 6.04. The van der Waals surface area contributed by atoms with Gasteiger partial charge in [-0.15, -0.1) is 0 Å². The molecule has 0 aliphatic rings. The van der Waals surface area contributed by atoms with E-state index in [1.165, 1.54) is 0 Å². The van der Waals surface area contributed by atoms with Crippen LogP contribution >= 0.6 is 39.7 Å². The van der Waals surface area contributed by atoms with Gasteiger partial charge in [-0.1, -0.05) is 27.5 Å². The molecule has 0 fully saturated rings. The van der Waals surface area contributed by atoms with Gasteiger partial charge in [0.15, 0.2) is 5.11 Å². The van der Waals surface area contributed by atoms with Crippen LogP contribution in [0.2, 0.25) is 5.02 Å². The number of anilines is 1. The van der Waals surface area contributed by atoms with Crippen LogP contribution in [0.3, 0.4) is 0 Å². The van der Waals surface area contributed by atoms with Gasteiger partial charge >= 0.3 is 0 Å². The Bertz CT molecular complexity index is 641. The molecule has 0 saturated carbocycles. The van der Waals surface area contributed by atoms with Crippen LogP contribution in [0.4, 0.5) is 5.69 Å². The maximum absolute atomic E-state index is 6.13. The molecule has 0 bridgehead atoms. The zero-order chi connectivity index (χ0) is 14.7. The first-order valence-electron chi connectivity index (χ1n) is 5.94. The molecule has 0 atom stereocenters. The van der Waals surface area contributed by atoms with Crippen molar-refractivity contribution in [1.82, 2.24) is 15.1 Å². The molecule has 0 spiro atoms. The maximum Gasteiger partial charge on any atom is 0.171 e. The second kappa shape index (κ2) is 6.56. The van der Waals surface area contributed by atoms with E-state index >= 15 is 0 Å².